The van der Waals surface area contributed by atoms with Gasteiger partial charge < -0.3 is 15.4 Å². The highest BCUT2D eigenvalue weighted by molar-refractivity contribution is 5.85. The number of amides is 2. The smallest absolute Gasteiger partial charge is 0.329 e. The van der Waals surface area contributed by atoms with Crippen molar-refractivity contribution in [3.8, 4) is 0 Å². The van der Waals surface area contributed by atoms with Crippen LogP contribution in [0.5, 0.6) is 0 Å². The number of hydrogen-bond acceptors (Lipinski definition) is 4. The Kier molecular flexibility index (Phi) is 9.68. The summed E-state index contributed by atoms with van der Waals surface area (Å²) in [6, 6.07) is 17.7. The maximum Gasteiger partial charge on any atom is 0.329 e. The van der Waals surface area contributed by atoms with Gasteiger partial charge in [0.15, 0.2) is 6.10 Å². The van der Waals surface area contributed by atoms with Gasteiger partial charge in [0.2, 0.25) is 11.8 Å². The Morgan fingerprint density at radius 1 is 0.706 bits per heavy atom. The lowest BCUT2D eigenvalue weighted by atomic mass is 9.94. The van der Waals surface area contributed by atoms with E-state index < -0.39 is 24.2 Å². The first-order valence-corrected chi connectivity index (χ1v) is 12.3. The number of nitrogens with one attached hydrogen (secondary N) is 2. The summed E-state index contributed by atoms with van der Waals surface area (Å²) in [4.78, 5) is 38.9. The molecule has 1 heterocycles. The Bertz CT molecular complexity index is 930. The molecule has 1 fully saturated rings. The zero-order valence-electron chi connectivity index (χ0n) is 20.2. The van der Waals surface area contributed by atoms with Gasteiger partial charge in [0, 0.05) is 12.8 Å². The van der Waals surface area contributed by atoms with Gasteiger partial charge in [-0.1, -0.05) is 93.8 Å². The van der Waals surface area contributed by atoms with Gasteiger partial charge in [0.1, 0.15) is 6.04 Å². The van der Waals surface area contributed by atoms with Gasteiger partial charge in [-0.2, -0.15) is 0 Å². The van der Waals surface area contributed by atoms with Gasteiger partial charge in [0.05, 0.1) is 6.04 Å². The molecular formula is C28H36N2O4. The van der Waals surface area contributed by atoms with Gasteiger partial charge in [-0.15, -0.1) is 0 Å². The number of hydrogen-bond donors (Lipinski definition) is 2. The van der Waals surface area contributed by atoms with Crippen LogP contribution in [0.2, 0.25) is 0 Å². The Hall–Kier alpha value is -3.15. The van der Waals surface area contributed by atoms with Gasteiger partial charge >= 0.3 is 5.97 Å². The van der Waals surface area contributed by atoms with E-state index in [1.165, 1.54) is 0 Å². The van der Waals surface area contributed by atoms with Crippen molar-refractivity contribution in [2.45, 2.75) is 77.0 Å². The zero-order chi connectivity index (χ0) is 24.3. The molecule has 0 unspecified atom stereocenters. The van der Waals surface area contributed by atoms with E-state index in [2.05, 4.69) is 10.6 Å². The number of rotatable bonds is 3. The van der Waals surface area contributed by atoms with Crippen molar-refractivity contribution < 1.29 is 19.1 Å². The number of cyclic esters (lactones) is 1. The van der Waals surface area contributed by atoms with Crippen LogP contribution in [0.4, 0.5) is 0 Å². The van der Waals surface area contributed by atoms with E-state index in [4.69, 9.17) is 4.74 Å². The molecule has 6 nitrogen and oxygen atoms in total. The van der Waals surface area contributed by atoms with Crippen LogP contribution >= 0.6 is 0 Å². The molecule has 6 heteroatoms. The molecule has 2 N–H and O–H groups in total. The predicted octanol–water partition coefficient (Wildman–Crippen LogP) is 5.01. The maximum absolute atomic E-state index is 13.4. The van der Waals surface area contributed by atoms with E-state index in [1.54, 1.807) is 0 Å². The minimum atomic E-state index is -0.765. The summed E-state index contributed by atoms with van der Waals surface area (Å²) in [6.45, 7) is 3.77. The topological polar surface area (TPSA) is 84.5 Å². The van der Waals surface area contributed by atoms with Crippen LogP contribution in [0.1, 0.15) is 82.1 Å². The maximum atomic E-state index is 13.4. The van der Waals surface area contributed by atoms with Crippen molar-refractivity contribution in [1.82, 2.24) is 10.6 Å². The van der Waals surface area contributed by atoms with Gasteiger partial charge in [0.25, 0.3) is 0 Å². The zero-order valence-corrected chi connectivity index (χ0v) is 20.2. The summed E-state index contributed by atoms with van der Waals surface area (Å²) in [6.07, 6.45) is 4.44. The first-order valence-electron chi connectivity index (χ1n) is 12.3. The Morgan fingerprint density at radius 2 is 1.21 bits per heavy atom. The molecule has 3 atom stereocenters. The molecule has 0 saturated carbocycles. The highest BCUT2D eigenvalue weighted by Gasteiger charge is 2.34. The van der Waals surface area contributed by atoms with Crippen LogP contribution in [0.3, 0.4) is 0 Å². The number of benzene rings is 2. The van der Waals surface area contributed by atoms with Crippen molar-refractivity contribution in [3.05, 3.63) is 71.8 Å². The summed E-state index contributed by atoms with van der Waals surface area (Å²) >= 11 is 0. The first-order chi connectivity index (χ1) is 16.5. The predicted molar refractivity (Wildman–Crippen MR) is 132 cm³/mol. The molecule has 1 saturated heterocycles. The lowest BCUT2D eigenvalue weighted by Gasteiger charge is -2.31. The quantitative estimate of drug-likeness (QED) is 0.625. The van der Waals surface area contributed by atoms with Crippen molar-refractivity contribution >= 4 is 17.8 Å². The molecule has 1 aliphatic heterocycles. The summed E-state index contributed by atoms with van der Waals surface area (Å²) in [5.41, 5.74) is 1.63. The third-order valence-electron chi connectivity index (χ3n) is 6.19. The lowest BCUT2D eigenvalue weighted by Crippen LogP contribution is -2.46. The van der Waals surface area contributed by atoms with E-state index >= 15 is 0 Å². The van der Waals surface area contributed by atoms with Crippen molar-refractivity contribution in [2.24, 2.45) is 5.92 Å². The van der Waals surface area contributed by atoms with Gasteiger partial charge in [-0.3, -0.25) is 9.59 Å². The molecule has 0 aliphatic carbocycles. The van der Waals surface area contributed by atoms with Crippen LogP contribution in [-0.2, 0) is 19.1 Å². The second-order valence-electron chi connectivity index (χ2n) is 9.28. The lowest BCUT2D eigenvalue weighted by molar-refractivity contribution is -0.157. The molecular weight excluding hydrogens is 428 g/mol. The highest BCUT2D eigenvalue weighted by atomic mass is 16.5. The van der Waals surface area contributed by atoms with E-state index in [0.717, 1.165) is 43.2 Å². The minimum Gasteiger partial charge on any atom is -0.453 e. The van der Waals surface area contributed by atoms with Gasteiger partial charge in [-0.05, 0) is 29.9 Å². The van der Waals surface area contributed by atoms with Crippen LogP contribution in [0, 0.1) is 5.92 Å². The molecule has 34 heavy (non-hydrogen) atoms. The van der Waals surface area contributed by atoms with E-state index in [-0.39, 0.29) is 17.7 Å². The fourth-order valence-corrected chi connectivity index (χ4v) is 4.25. The van der Waals surface area contributed by atoms with Crippen molar-refractivity contribution in [3.63, 3.8) is 0 Å². The standard InChI is InChI=1S/C28H36N2O4/c1-20(2)25-28(33)34-27(22-16-10-7-11-17-22)26(21-14-8-6-9-15-21)30-24(32)19-13-5-3-4-12-18-23(31)29-25/h6-11,14-17,20,25-27H,3-5,12-13,18-19H2,1-2H3,(H,29,31)(H,30,32)/t25-,26-,27+/m0/s1. The van der Waals surface area contributed by atoms with E-state index in [1.807, 2.05) is 74.5 Å². The van der Waals surface area contributed by atoms with E-state index in [0.29, 0.717) is 12.8 Å². The third kappa shape index (κ3) is 7.44. The Morgan fingerprint density at radius 3 is 1.76 bits per heavy atom. The Balaban J connectivity index is 1.99. The monoisotopic (exact) mass is 464 g/mol. The molecule has 0 aromatic heterocycles. The highest BCUT2D eigenvalue weighted by Crippen LogP contribution is 2.33. The minimum absolute atomic E-state index is 0.0633. The molecule has 3 rings (SSSR count). The number of carbonyl (C=O) groups is 3. The van der Waals surface area contributed by atoms with Crippen LogP contribution in [0.25, 0.3) is 0 Å². The summed E-state index contributed by atoms with van der Waals surface area (Å²) in [5.74, 6) is -0.838. The van der Waals surface area contributed by atoms with Crippen LogP contribution in [0.15, 0.2) is 60.7 Å². The molecule has 1 aliphatic rings. The van der Waals surface area contributed by atoms with Crippen molar-refractivity contribution in [1.29, 1.82) is 0 Å². The van der Waals surface area contributed by atoms with Crippen LogP contribution in [-0.4, -0.2) is 23.8 Å². The fraction of sp³-hybridized carbons (Fsp3) is 0.464. The number of carbonyl (C=O) groups excluding carboxylic acids is 3. The molecule has 182 valence electrons. The van der Waals surface area contributed by atoms with Crippen molar-refractivity contribution in [2.75, 3.05) is 0 Å². The largest absolute Gasteiger partial charge is 0.453 e. The van der Waals surface area contributed by atoms with Crippen LogP contribution < -0.4 is 10.6 Å². The van der Waals surface area contributed by atoms with E-state index in [9.17, 15) is 14.4 Å². The number of ether oxygens (including phenoxy) is 1. The number of esters is 1. The van der Waals surface area contributed by atoms with Gasteiger partial charge in [-0.25, -0.2) is 4.79 Å². The Labute approximate surface area is 202 Å². The third-order valence-corrected chi connectivity index (χ3v) is 6.19. The SMILES string of the molecule is CC(C)[C@@H]1NC(=O)CCCCCCCC(=O)N[C@@H](c2ccccc2)[C@@H](c2ccccc2)OC1=O. The summed E-state index contributed by atoms with van der Waals surface area (Å²) < 4.78 is 6.11. The summed E-state index contributed by atoms with van der Waals surface area (Å²) in [7, 11) is 0. The molecule has 2 aromatic carbocycles. The average molecular weight is 465 g/mol. The first kappa shape index (κ1) is 25.5. The molecule has 2 aromatic rings. The molecule has 2 amide bonds. The average Bonchev–Trinajstić information content (AvgIpc) is 2.84. The summed E-state index contributed by atoms with van der Waals surface area (Å²) in [5, 5.41) is 6.02. The molecule has 0 spiro atoms. The second kappa shape index (κ2) is 12.9. The second-order valence-corrected chi connectivity index (χ2v) is 9.28. The normalized spacial score (nSPS) is 23.6. The fourth-order valence-electron chi connectivity index (χ4n) is 4.25. The molecule has 0 radical (unpaired) electrons. The molecule has 0 bridgehead atoms.